The van der Waals surface area contributed by atoms with E-state index in [2.05, 4.69) is 27.5 Å². The maximum atomic E-state index is 12.0. The van der Waals surface area contributed by atoms with Crippen molar-refractivity contribution >= 4 is 17.7 Å². The summed E-state index contributed by atoms with van der Waals surface area (Å²) in [6.45, 7) is 6.45. The van der Waals surface area contributed by atoms with Crippen LogP contribution in [0.15, 0.2) is 6.07 Å². The number of amides is 1. The van der Waals surface area contributed by atoms with Crippen LogP contribution < -0.4 is 15.5 Å². The Morgan fingerprint density at radius 3 is 3.05 bits per heavy atom. The molecule has 2 heterocycles. The predicted molar refractivity (Wildman–Crippen MR) is 81.6 cm³/mol. The zero-order valence-corrected chi connectivity index (χ0v) is 12.8. The van der Waals surface area contributed by atoms with E-state index in [4.69, 9.17) is 4.74 Å². The second-order valence-corrected chi connectivity index (χ2v) is 5.02. The highest BCUT2D eigenvalue weighted by atomic mass is 16.5. The fourth-order valence-electron chi connectivity index (χ4n) is 2.28. The molecule has 1 atom stereocenters. The van der Waals surface area contributed by atoms with Gasteiger partial charge in [0, 0.05) is 31.9 Å². The lowest BCUT2D eigenvalue weighted by Gasteiger charge is -2.35. The minimum atomic E-state index is -0.350. The summed E-state index contributed by atoms with van der Waals surface area (Å²) in [7, 11) is 1.63. The van der Waals surface area contributed by atoms with Gasteiger partial charge in [-0.3, -0.25) is 4.79 Å². The van der Waals surface area contributed by atoms with Crippen LogP contribution in [-0.4, -0.2) is 55.3 Å². The first-order chi connectivity index (χ1) is 10.2. The van der Waals surface area contributed by atoms with Crippen molar-refractivity contribution in [2.45, 2.75) is 26.3 Å². The number of aryl methyl sites for hydroxylation is 1. The monoisotopic (exact) mass is 293 g/mol. The van der Waals surface area contributed by atoms with Gasteiger partial charge in [-0.2, -0.15) is 4.98 Å². The number of hydrogen-bond acceptors (Lipinski definition) is 6. The first kappa shape index (κ1) is 15.5. The van der Waals surface area contributed by atoms with E-state index < -0.39 is 0 Å². The molecule has 1 fully saturated rings. The molecule has 0 spiro atoms. The van der Waals surface area contributed by atoms with Crippen LogP contribution in [0.4, 0.5) is 11.8 Å². The van der Waals surface area contributed by atoms with Crippen molar-refractivity contribution in [1.82, 2.24) is 15.3 Å². The lowest BCUT2D eigenvalue weighted by Crippen LogP contribution is -2.53. The smallest absolute Gasteiger partial charge is 0.244 e. The van der Waals surface area contributed by atoms with Gasteiger partial charge in [0.1, 0.15) is 11.9 Å². The van der Waals surface area contributed by atoms with Crippen LogP contribution in [-0.2, 0) is 9.53 Å². The Morgan fingerprint density at radius 2 is 2.33 bits per heavy atom. The third-order valence-corrected chi connectivity index (χ3v) is 3.35. The highest BCUT2D eigenvalue weighted by Crippen LogP contribution is 2.20. The van der Waals surface area contributed by atoms with E-state index in [1.807, 2.05) is 17.9 Å². The number of rotatable bonds is 5. The van der Waals surface area contributed by atoms with Crippen molar-refractivity contribution in [3.05, 3.63) is 11.8 Å². The molecule has 1 aromatic heterocycles. The van der Waals surface area contributed by atoms with Gasteiger partial charge in [0.05, 0.1) is 13.2 Å². The molecule has 21 heavy (non-hydrogen) atoms. The van der Waals surface area contributed by atoms with Crippen LogP contribution in [0, 0.1) is 6.92 Å². The minimum absolute atomic E-state index is 0.0611. The number of nitrogens with one attached hydrogen (secondary N) is 2. The van der Waals surface area contributed by atoms with Crippen molar-refractivity contribution in [3.8, 4) is 0 Å². The summed E-state index contributed by atoms with van der Waals surface area (Å²) in [6, 6.07) is 1.55. The number of morpholine rings is 1. The van der Waals surface area contributed by atoms with Crippen molar-refractivity contribution in [1.29, 1.82) is 0 Å². The summed E-state index contributed by atoms with van der Waals surface area (Å²) in [4.78, 5) is 22.9. The van der Waals surface area contributed by atoms with Crippen LogP contribution in [0.5, 0.6) is 0 Å². The molecular weight excluding hydrogens is 270 g/mol. The number of anilines is 2. The lowest BCUT2D eigenvalue weighted by atomic mass is 10.2. The maximum absolute atomic E-state index is 12.0. The number of likely N-dealkylation sites (N-methyl/N-ethyl adjacent to an activating group) is 1. The van der Waals surface area contributed by atoms with Gasteiger partial charge in [-0.25, -0.2) is 4.98 Å². The molecule has 0 saturated carbocycles. The summed E-state index contributed by atoms with van der Waals surface area (Å²) >= 11 is 0. The molecule has 7 nitrogen and oxygen atoms in total. The fourth-order valence-corrected chi connectivity index (χ4v) is 2.28. The number of aromatic nitrogens is 2. The Balaban J connectivity index is 2.25. The maximum Gasteiger partial charge on any atom is 0.244 e. The summed E-state index contributed by atoms with van der Waals surface area (Å²) < 4.78 is 5.42. The summed E-state index contributed by atoms with van der Waals surface area (Å²) in [6.07, 6.45) is 1.01. The number of nitrogens with zero attached hydrogens (tertiary/aromatic N) is 3. The number of carbonyl (C=O) groups excluding carboxylic acids is 1. The Hall–Kier alpha value is -1.89. The van der Waals surface area contributed by atoms with Crippen LogP contribution in [0.25, 0.3) is 0 Å². The van der Waals surface area contributed by atoms with Gasteiger partial charge in [0.15, 0.2) is 0 Å². The van der Waals surface area contributed by atoms with Crippen molar-refractivity contribution in [2.24, 2.45) is 0 Å². The van der Waals surface area contributed by atoms with E-state index >= 15 is 0 Å². The van der Waals surface area contributed by atoms with Crippen LogP contribution in [0.2, 0.25) is 0 Å². The molecular formula is C14H23N5O2. The summed E-state index contributed by atoms with van der Waals surface area (Å²) in [5, 5.41) is 5.87. The van der Waals surface area contributed by atoms with Gasteiger partial charge in [0.2, 0.25) is 11.9 Å². The van der Waals surface area contributed by atoms with Gasteiger partial charge >= 0.3 is 0 Å². The molecule has 0 radical (unpaired) electrons. The first-order valence-electron chi connectivity index (χ1n) is 7.31. The molecule has 0 aliphatic carbocycles. The Labute approximate surface area is 125 Å². The zero-order valence-electron chi connectivity index (χ0n) is 12.8. The van der Waals surface area contributed by atoms with E-state index in [9.17, 15) is 4.79 Å². The lowest BCUT2D eigenvalue weighted by molar-refractivity contribution is -0.124. The molecule has 1 unspecified atom stereocenters. The quantitative estimate of drug-likeness (QED) is 0.826. The van der Waals surface area contributed by atoms with Gasteiger partial charge < -0.3 is 20.3 Å². The molecule has 116 valence electrons. The van der Waals surface area contributed by atoms with Gasteiger partial charge in [-0.05, 0) is 13.3 Å². The first-order valence-corrected chi connectivity index (χ1v) is 7.31. The standard InChI is InChI=1S/C14H23N5O2/c1-4-5-16-14-17-10(2)8-12(18-14)19-6-7-21-9-11(19)13(20)15-3/h8,11H,4-7,9H2,1-3H3,(H,15,20)(H,16,17,18). The average molecular weight is 293 g/mol. The number of carbonyl (C=O) groups is 1. The third kappa shape index (κ3) is 3.81. The highest BCUT2D eigenvalue weighted by molar-refractivity contribution is 5.85. The highest BCUT2D eigenvalue weighted by Gasteiger charge is 2.30. The van der Waals surface area contributed by atoms with Crippen molar-refractivity contribution < 1.29 is 9.53 Å². The van der Waals surface area contributed by atoms with Crippen LogP contribution >= 0.6 is 0 Å². The van der Waals surface area contributed by atoms with E-state index in [-0.39, 0.29) is 11.9 Å². The molecule has 2 rings (SSSR count). The second kappa shape index (κ2) is 7.21. The van der Waals surface area contributed by atoms with E-state index in [0.29, 0.717) is 25.7 Å². The average Bonchev–Trinajstić information content (AvgIpc) is 2.51. The summed E-state index contributed by atoms with van der Waals surface area (Å²) in [5.41, 5.74) is 0.876. The molecule has 2 N–H and O–H groups in total. The second-order valence-electron chi connectivity index (χ2n) is 5.02. The molecule has 1 aliphatic heterocycles. The molecule has 1 saturated heterocycles. The minimum Gasteiger partial charge on any atom is -0.377 e. The molecule has 7 heteroatoms. The molecule has 0 aromatic carbocycles. The topological polar surface area (TPSA) is 79.4 Å². The van der Waals surface area contributed by atoms with Crippen molar-refractivity contribution in [3.63, 3.8) is 0 Å². The fraction of sp³-hybridized carbons (Fsp3) is 0.643. The van der Waals surface area contributed by atoms with Crippen molar-refractivity contribution in [2.75, 3.05) is 43.6 Å². The van der Waals surface area contributed by atoms with E-state index in [1.54, 1.807) is 7.05 Å². The number of hydrogen-bond donors (Lipinski definition) is 2. The summed E-state index contributed by atoms with van der Waals surface area (Å²) in [5.74, 6) is 1.31. The van der Waals surface area contributed by atoms with Crippen LogP contribution in [0.1, 0.15) is 19.0 Å². The van der Waals surface area contributed by atoms with Gasteiger partial charge in [-0.1, -0.05) is 6.92 Å². The Bertz CT molecular complexity index is 494. The van der Waals surface area contributed by atoms with E-state index in [0.717, 1.165) is 24.5 Å². The van der Waals surface area contributed by atoms with E-state index in [1.165, 1.54) is 0 Å². The number of ether oxygens (including phenoxy) is 1. The predicted octanol–water partition coefficient (Wildman–Crippen LogP) is 0.558. The SMILES string of the molecule is CCCNc1nc(C)cc(N2CCOCC2C(=O)NC)n1. The largest absolute Gasteiger partial charge is 0.377 e. The van der Waals surface area contributed by atoms with Gasteiger partial charge in [-0.15, -0.1) is 0 Å². The Morgan fingerprint density at radius 1 is 1.52 bits per heavy atom. The Kier molecular flexibility index (Phi) is 5.32. The zero-order chi connectivity index (χ0) is 15.2. The molecule has 1 aliphatic rings. The third-order valence-electron chi connectivity index (χ3n) is 3.35. The van der Waals surface area contributed by atoms with Gasteiger partial charge in [0.25, 0.3) is 0 Å². The normalized spacial score (nSPS) is 18.4. The van der Waals surface area contributed by atoms with Crippen LogP contribution in [0.3, 0.4) is 0 Å². The molecule has 1 amide bonds. The molecule has 0 bridgehead atoms. The molecule has 1 aromatic rings.